The number of aromatic nitrogens is 1. The number of pyridine rings is 1. The molecule has 0 spiro atoms. The van der Waals surface area contributed by atoms with Crippen molar-refractivity contribution in [2.45, 2.75) is 51.2 Å². The number of methoxy groups -OCH3 is 1. The zero-order chi connectivity index (χ0) is 31.3. The molecule has 0 radical (unpaired) electrons. The number of benzene rings is 2. The normalized spacial score (nSPS) is 18.4. The van der Waals surface area contributed by atoms with Crippen molar-refractivity contribution >= 4 is 16.9 Å². The Morgan fingerprint density at radius 2 is 1.77 bits per heavy atom. The molecule has 238 valence electrons. The Bertz CT molecular complexity index is 1440. The van der Waals surface area contributed by atoms with Crippen molar-refractivity contribution in [2.24, 2.45) is 5.41 Å². The number of carbonyl (C=O) groups is 1. The summed E-state index contributed by atoms with van der Waals surface area (Å²) in [5.41, 5.74) is 1.25. The van der Waals surface area contributed by atoms with Gasteiger partial charge < -0.3 is 24.6 Å². The Balaban J connectivity index is 1.25. The Morgan fingerprint density at radius 3 is 2.43 bits per heavy atom. The Labute approximate surface area is 255 Å². The van der Waals surface area contributed by atoms with Gasteiger partial charge in [-0.05, 0) is 87.5 Å². The summed E-state index contributed by atoms with van der Waals surface area (Å²) < 4.78 is 52.2. The zero-order valence-electron chi connectivity index (χ0n) is 25.0. The number of halogens is 3. The number of hydrogen-bond acceptors (Lipinski definition) is 7. The van der Waals surface area contributed by atoms with Gasteiger partial charge in [-0.15, -0.1) is 0 Å². The SMILES string of the molecule is COc1ccc2ncc(CN3CCOCC3)c(C(O)CCC3(C(=O)O)CCN(CCCc4c(F)cc(F)cc4F)CC3)c2c1. The highest BCUT2D eigenvalue weighted by Gasteiger charge is 2.41. The third-order valence-corrected chi connectivity index (χ3v) is 9.20. The number of aliphatic carboxylic acids is 1. The first-order valence-electron chi connectivity index (χ1n) is 15.2. The largest absolute Gasteiger partial charge is 0.497 e. The summed E-state index contributed by atoms with van der Waals surface area (Å²) >= 11 is 0. The van der Waals surface area contributed by atoms with Crippen molar-refractivity contribution in [3.8, 4) is 5.75 Å². The smallest absolute Gasteiger partial charge is 0.309 e. The average Bonchev–Trinajstić information content (AvgIpc) is 3.01. The summed E-state index contributed by atoms with van der Waals surface area (Å²) in [6.07, 6.45) is 2.86. The molecule has 1 atom stereocenters. The molecular weight excluding hydrogens is 575 g/mol. The fraction of sp³-hybridized carbons (Fsp3) is 0.515. The van der Waals surface area contributed by atoms with E-state index in [1.807, 2.05) is 18.2 Å². The van der Waals surface area contributed by atoms with Crippen LogP contribution in [0.15, 0.2) is 36.5 Å². The van der Waals surface area contributed by atoms with Crippen LogP contribution in [-0.2, 0) is 22.5 Å². The van der Waals surface area contributed by atoms with Gasteiger partial charge in [-0.2, -0.15) is 0 Å². The van der Waals surface area contributed by atoms with E-state index in [0.29, 0.717) is 83.0 Å². The second kappa shape index (κ2) is 14.2. The number of hydrogen-bond donors (Lipinski definition) is 2. The van der Waals surface area contributed by atoms with Gasteiger partial charge in [-0.1, -0.05) is 0 Å². The maximum atomic E-state index is 14.0. The molecule has 2 aromatic carbocycles. The quantitative estimate of drug-likeness (QED) is 0.291. The first-order valence-corrected chi connectivity index (χ1v) is 15.2. The fourth-order valence-corrected chi connectivity index (χ4v) is 6.50. The predicted octanol–water partition coefficient (Wildman–Crippen LogP) is 5.11. The van der Waals surface area contributed by atoms with Gasteiger partial charge in [0.2, 0.25) is 0 Å². The maximum Gasteiger partial charge on any atom is 0.309 e. The summed E-state index contributed by atoms with van der Waals surface area (Å²) in [6.45, 7) is 5.03. The molecule has 44 heavy (non-hydrogen) atoms. The van der Waals surface area contributed by atoms with Crippen LogP contribution >= 0.6 is 0 Å². The van der Waals surface area contributed by atoms with Gasteiger partial charge in [0.1, 0.15) is 23.2 Å². The second-order valence-corrected chi connectivity index (χ2v) is 11.9. The van der Waals surface area contributed by atoms with Crippen LogP contribution in [0.3, 0.4) is 0 Å². The van der Waals surface area contributed by atoms with E-state index in [2.05, 4.69) is 14.8 Å². The van der Waals surface area contributed by atoms with Gasteiger partial charge in [-0.25, -0.2) is 13.2 Å². The third kappa shape index (κ3) is 7.34. The molecule has 2 aliphatic rings. The van der Waals surface area contributed by atoms with Crippen LogP contribution in [-0.4, -0.2) is 84.0 Å². The van der Waals surface area contributed by atoms with Gasteiger partial charge in [0.05, 0.1) is 37.4 Å². The molecule has 0 amide bonds. The van der Waals surface area contributed by atoms with E-state index in [1.54, 1.807) is 13.3 Å². The number of rotatable bonds is 12. The van der Waals surface area contributed by atoms with E-state index < -0.39 is 34.9 Å². The summed E-state index contributed by atoms with van der Waals surface area (Å²) in [4.78, 5) is 21.6. The molecule has 2 fully saturated rings. The molecule has 8 nitrogen and oxygen atoms in total. The molecule has 0 saturated carbocycles. The lowest BCUT2D eigenvalue weighted by Crippen LogP contribution is -2.45. The Kier molecular flexibility index (Phi) is 10.4. The summed E-state index contributed by atoms with van der Waals surface area (Å²) in [7, 11) is 1.59. The number of carboxylic acids is 1. The molecule has 0 aliphatic carbocycles. The van der Waals surface area contributed by atoms with Crippen molar-refractivity contribution in [2.75, 3.05) is 53.0 Å². The van der Waals surface area contributed by atoms with E-state index in [0.717, 1.165) is 35.1 Å². The van der Waals surface area contributed by atoms with Gasteiger partial charge >= 0.3 is 5.97 Å². The van der Waals surface area contributed by atoms with Gasteiger partial charge in [0.25, 0.3) is 0 Å². The number of carboxylic acid groups (broad SMARTS) is 1. The maximum absolute atomic E-state index is 14.0. The molecule has 2 N–H and O–H groups in total. The van der Waals surface area contributed by atoms with Crippen molar-refractivity contribution in [1.82, 2.24) is 14.8 Å². The minimum atomic E-state index is -0.989. The zero-order valence-corrected chi connectivity index (χ0v) is 25.0. The van der Waals surface area contributed by atoms with Crippen LogP contribution in [0.25, 0.3) is 10.9 Å². The molecule has 2 aliphatic heterocycles. The fourth-order valence-electron chi connectivity index (χ4n) is 6.50. The van der Waals surface area contributed by atoms with Crippen molar-refractivity contribution < 1.29 is 37.7 Å². The van der Waals surface area contributed by atoms with Crippen LogP contribution in [0, 0.1) is 22.9 Å². The Hall–Kier alpha value is -3.25. The molecule has 1 aromatic heterocycles. The van der Waals surface area contributed by atoms with Gasteiger partial charge in [0, 0.05) is 48.9 Å². The molecule has 3 aromatic rings. The van der Waals surface area contributed by atoms with E-state index in [1.165, 1.54) is 0 Å². The first kappa shape index (κ1) is 32.2. The highest BCUT2D eigenvalue weighted by molar-refractivity contribution is 5.85. The van der Waals surface area contributed by atoms with E-state index >= 15 is 0 Å². The highest BCUT2D eigenvalue weighted by atomic mass is 19.1. The molecule has 5 rings (SSSR count). The predicted molar refractivity (Wildman–Crippen MR) is 159 cm³/mol. The van der Waals surface area contributed by atoms with Crippen molar-refractivity contribution in [3.63, 3.8) is 0 Å². The van der Waals surface area contributed by atoms with Gasteiger partial charge in [0.15, 0.2) is 0 Å². The van der Waals surface area contributed by atoms with Crippen LogP contribution in [0.4, 0.5) is 13.2 Å². The molecule has 3 heterocycles. The number of fused-ring (bicyclic) bond motifs is 1. The van der Waals surface area contributed by atoms with E-state index in [9.17, 15) is 28.2 Å². The lowest BCUT2D eigenvalue weighted by Gasteiger charge is -2.39. The highest BCUT2D eigenvalue weighted by Crippen LogP contribution is 2.40. The first-order chi connectivity index (χ1) is 21.2. The molecule has 1 unspecified atom stereocenters. The molecule has 2 saturated heterocycles. The van der Waals surface area contributed by atoms with Gasteiger partial charge in [-0.3, -0.25) is 14.7 Å². The number of piperidine rings is 1. The summed E-state index contributed by atoms with van der Waals surface area (Å²) in [5, 5.41) is 22.8. The number of aliphatic hydroxyl groups is 1. The monoisotopic (exact) mass is 615 g/mol. The van der Waals surface area contributed by atoms with Crippen molar-refractivity contribution in [3.05, 3.63) is 70.7 Å². The van der Waals surface area contributed by atoms with Crippen LogP contribution in [0.1, 0.15) is 54.9 Å². The third-order valence-electron chi connectivity index (χ3n) is 9.20. The number of aliphatic hydroxyl groups excluding tert-OH is 1. The summed E-state index contributed by atoms with van der Waals surface area (Å²) in [6, 6.07) is 6.93. The minimum Gasteiger partial charge on any atom is -0.497 e. The second-order valence-electron chi connectivity index (χ2n) is 11.9. The average molecular weight is 616 g/mol. The number of nitrogens with zero attached hydrogens (tertiary/aromatic N) is 3. The molecule has 0 bridgehead atoms. The standard InChI is InChI=1S/C33H40F3N3O5/c1-43-24-4-5-29-26(19-24)31(22(20-37-29)21-39-13-15-44-16-14-39)30(40)6-7-33(32(41)42)8-11-38(12-9-33)10-2-3-25-27(35)17-23(34)18-28(25)36/h4-5,17-20,30,40H,2-3,6-16,21H2,1H3,(H,41,42). The van der Waals surface area contributed by atoms with Crippen LogP contribution in [0.2, 0.25) is 0 Å². The van der Waals surface area contributed by atoms with E-state index in [4.69, 9.17) is 9.47 Å². The lowest BCUT2D eigenvalue weighted by molar-refractivity contribution is -0.153. The lowest BCUT2D eigenvalue weighted by atomic mass is 9.73. The van der Waals surface area contributed by atoms with Crippen LogP contribution in [0.5, 0.6) is 5.75 Å². The number of likely N-dealkylation sites (tertiary alicyclic amines) is 1. The number of morpholine rings is 1. The topological polar surface area (TPSA) is 95.4 Å². The number of ether oxygens (including phenoxy) is 2. The minimum absolute atomic E-state index is 0.127. The summed E-state index contributed by atoms with van der Waals surface area (Å²) in [5.74, 6) is -2.96. The van der Waals surface area contributed by atoms with Crippen LogP contribution < -0.4 is 4.74 Å². The Morgan fingerprint density at radius 1 is 1.07 bits per heavy atom. The molecular formula is C33H40F3N3O5. The molecule has 11 heteroatoms. The van der Waals surface area contributed by atoms with Crippen molar-refractivity contribution in [1.29, 1.82) is 0 Å². The van der Waals surface area contributed by atoms with E-state index in [-0.39, 0.29) is 18.4 Å².